The maximum atomic E-state index is 6.25. The van der Waals surface area contributed by atoms with Gasteiger partial charge in [0.2, 0.25) is 0 Å². The van der Waals surface area contributed by atoms with Crippen LogP contribution in [0.5, 0.6) is 0 Å². The van der Waals surface area contributed by atoms with Gasteiger partial charge in [0, 0.05) is 28.9 Å². The average Bonchev–Trinajstić information content (AvgIpc) is 2.54. The number of para-hydroxylation sites is 1. The van der Waals surface area contributed by atoms with Crippen LogP contribution in [0, 0.1) is 0 Å². The van der Waals surface area contributed by atoms with E-state index in [1.165, 1.54) is 16.1 Å². The van der Waals surface area contributed by atoms with Crippen molar-refractivity contribution < 1.29 is 0 Å². The van der Waals surface area contributed by atoms with Gasteiger partial charge in [0.05, 0.1) is 0 Å². The standard InChI is InChI=1S/C18H22N2S/c19-16-11-10-15(14-6-2-1-3-7-14)13-21-18-9-5-4-8-17(18)20-12-16/h1-9,15-16,20H,10-13,19H2. The topological polar surface area (TPSA) is 38.0 Å². The van der Waals surface area contributed by atoms with Crippen molar-refractivity contribution in [3.8, 4) is 0 Å². The maximum absolute atomic E-state index is 6.25. The highest BCUT2D eigenvalue weighted by atomic mass is 32.2. The highest BCUT2D eigenvalue weighted by Gasteiger charge is 2.17. The molecule has 110 valence electrons. The molecule has 0 aromatic heterocycles. The summed E-state index contributed by atoms with van der Waals surface area (Å²) in [5, 5.41) is 3.49. The number of hydrogen-bond acceptors (Lipinski definition) is 3. The van der Waals surface area contributed by atoms with Gasteiger partial charge in [0.15, 0.2) is 0 Å². The molecule has 0 saturated carbocycles. The van der Waals surface area contributed by atoms with E-state index in [4.69, 9.17) is 5.73 Å². The highest BCUT2D eigenvalue weighted by Crippen LogP contribution is 2.34. The van der Waals surface area contributed by atoms with E-state index < -0.39 is 0 Å². The fraction of sp³-hybridized carbons (Fsp3) is 0.333. The lowest BCUT2D eigenvalue weighted by atomic mass is 9.94. The van der Waals surface area contributed by atoms with Crippen molar-refractivity contribution >= 4 is 17.4 Å². The van der Waals surface area contributed by atoms with Gasteiger partial charge >= 0.3 is 0 Å². The van der Waals surface area contributed by atoms with Crippen LogP contribution in [0.3, 0.4) is 0 Å². The zero-order chi connectivity index (χ0) is 14.5. The van der Waals surface area contributed by atoms with Gasteiger partial charge < -0.3 is 11.1 Å². The van der Waals surface area contributed by atoms with Crippen molar-refractivity contribution in [3.63, 3.8) is 0 Å². The molecule has 1 heterocycles. The largest absolute Gasteiger partial charge is 0.383 e. The second-order valence-electron chi connectivity index (χ2n) is 5.63. The number of fused-ring (bicyclic) bond motifs is 1. The van der Waals surface area contributed by atoms with Gasteiger partial charge in [0.1, 0.15) is 0 Å². The third kappa shape index (κ3) is 3.80. The molecule has 21 heavy (non-hydrogen) atoms. The Balaban J connectivity index is 1.83. The Morgan fingerprint density at radius 1 is 0.952 bits per heavy atom. The van der Waals surface area contributed by atoms with E-state index in [-0.39, 0.29) is 6.04 Å². The minimum Gasteiger partial charge on any atom is -0.383 e. The molecule has 3 rings (SSSR count). The first-order valence-electron chi connectivity index (χ1n) is 7.59. The molecule has 1 aliphatic rings. The van der Waals surface area contributed by atoms with E-state index in [1.54, 1.807) is 0 Å². The Kier molecular flexibility index (Phi) is 4.84. The Morgan fingerprint density at radius 2 is 1.71 bits per heavy atom. The van der Waals surface area contributed by atoms with Gasteiger partial charge in [-0.05, 0) is 36.5 Å². The van der Waals surface area contributed by atoms with Crippen molar-refractivity contribution in [2.75, 3.05) is 17.6 Å². The summed E-state index contributed by atoms with van der Waals surface area (Å²) < 4.78 is 0. The van der Waals surface area contributed by atoms with E-state index in [2.05, 4.69) is 59.9 Å². The SMILES string of the molecule is NC1CCC(c2ccccc2)CSc2ccccc2NC1. The molecule has 0 bridgehead atoms. The fourth-order valence-electron chi connectivity index (χ4n) is 2.76. The molecule has 0 saturated heterocycles. The molecule has 1 aliphatic heterocycles. The predicted molar refractivity (Wildman–Crippen MR) is 92.0 cm³/mol. The Morgan fingerprint density at radius 3 is 2.57 bits per heavy atom. The second kappa shape index (κ2) is 7.01. The van der Waals surface area contributed by atoms with E-state index in [9.17, 15) is 0 Å². The summed E-state index contributed by atoms with van der Waals surface area (Å²) in [5.41, 5.74) is 8.90. The van der Waals surface area contributed by atoms with Gasteiger partial charge in [-0.15, -0.1) is 11.8 Å². The quantitative estimate of drug-likeness (QED) is 0.832. The molecule has 0 amide bonds. The number of nitrogens with one attached hydrogen (secondary N) is 1. The molecule has 2 atom stereocenters. The van der Waals surface area contributed by atoms with Crippen molar-refractivity contribution in [1.82, 2.24) is 0 Å². The first kappa shape index (κ1) is 14.5. The van der Waals surface area contributed by atoms with Crippen LogP contribution < -0.4 is 11.1 Å². The average molecular weight is 298 g/mol. The number of thioether (sulfide) groups is 1. The molecule has 0 radical (unpaired) electrons. The molecule has 2 unspecified atom stereocenters. The molecule has 0 spiro atoms. The first-order valence-corrected chi connectivity index (χ1v) is 8.57. The van der Waals surface area contributed by atoms with E-state index in [0.717, 1.165) is 25.1 Å². The van der Waals surface area contributed by atoms with Crippen LogP contribution >= 0.6 is 11.8 Å². The molecule has 3 heteroatoms. The molecular formula is C18H22N2S. The molecular weight excluding hydrogens is 276 g/mol. The number of benzene rings is 2. The number of anilines is 1. The second-order valence-corrected chi connectivity index (χ2v) is 6.69. The van der Waals surface area contributed by atoms with Crippen LogP contribution in [-0.2, 0) is 0 Å². The lowest BCUT2D eigenvalue weighted by molar-refractivity contribution is 0.558. The van der Waals surface area contributed by atoms with Gasteiger partial charge in [-0.2, -0.15) is 0 Å². The minimum atomic E-state index is 0.215. The predicted octanol–water partition coefficient (Wildman–Crippen LogP) is 4.10. The number of nitrogens with two attached hydrogens (primary N) is 1. The first-order chi connectivity index (χ1) is 10.3. The summed E-state index contributed by atoms with van der Waals surface area (Å²) in [6.07, 6.45) is 2.22. The van der Waals surface area contributed by atoms with E-state index in [1.807, 2.05) is 11.8 Å². The van der Waals surface area contributed by atoms with Crippen LogP contribution in [0.1, 0.15) is 24.3 Å². The van der Waals surface area contributed by atoms with Crippen molar-refractivity contribution in [2.24, 2.45) is 5.73 Å². The smallest absolute Gasteiger partial charge is 0.0478 e. The summed E-state index contributed by atoms with van der Waals surface area (Å²) in [6.45, 7) is 0.846. The zero-order valence-electron chi connectivity index (χ0n) is 12.2. The number of hydrogen-bond donors (Lipinski definition) is 2. The summed E-state index contributed by atoms with van der Waals surface area (Å²) in [7, 11) is 0. The van der Waals surface area contributed by atoms with Crippen molar-refractivity contribution in [2.45, 2.75) is 29.7 Å². The molecule has 2 nitrogen and oxygen atoms in total. The molecule has 2 aromatic carbocycles. The Hall–Kier alpha value is -1.45. The van der Waals surface area contributed by atoms with Crippen LogP contribution in [0.15, 0.2) is 59.5 Å². The number of rotatable bonds is 1. The third-order valence-electron chi connectivity index (χ3n) is 4.04. The maximum Gasteiger partial charge on any atom is 0.0478 e. The van der Waals surface area contributed by atoms with E-state index in [0.29, 0.717) is 5.92 Å². The molecule has 3 N–H and O–H groups in total. The van der Waals surface area contributed by atoms with Gasteiger partial charge in [-0.1, -0.05) is 42.5 Å². The molecule has 2 aromatic rings. The Labute approximate surface area is 131 Å². The van der Waals surface area contributed by atoms with Gasteiger partial charge in [-0.25, -0.2) is 0 Å². The highest BCUT2D eigenvalue weighted by molar-refractivity contribution is 7.99. The monoisotopic (exact) mass is 298 g/mol. The van der Waals surface area contributed by atoms with Crippen LogP contribution in [0.25, 0.3) is 0 Å². The van der Waals surface area contributed by atoms with Gasteiger partial charge in [0.25, 0.3) is 0 Å². The van der Waals surface area contributed by atoms with Crippen molar-refractivity contribution in [3.05, 3.63) is 60.2 Å². The molecule has 0 fully saturated rings. The molecule has 0 aliphatic carbocycles. The Bertz CT molecular complexity index is 570. The summed E-state index contributed by atoms with van der Waals surface area (Å²) >= 11 is 1.95. The lowest BCUT2D eigenvalue weighted by Gasteiger charge is -2.23. The third-order valence-corrected chi connectivity index (χ3v) is 5.27. The summed E-state index contributed by atoms with van der Waals surface area (Å²) in [6, 6.07) is 19.6. The van der Waals surface area contributed by atoms with E-state index >= 15 is 0 Å². The van der Waals surface area contributed by atoms with Crippen LogP contribution in [0.4, 0.5) is 5.69 Å². The normalized spacial score (nSPS) is 22.9. The van der Waals surface area contributed by atoms with Gasteiger partial charge in [-0.3, -0.25) is 0 Å². The van der Waals surface area contributed by atoms with Crippen molar-refractivity contribution in [1.29, 1.82) is 0 Å². The van der Waals surface area contributed by atoms with Crippen LogP contribution in [-0.4, -0.2) is 18.3 Å². The fourth-order valence-corrected chi connectivity index (χ4v) is 3.97. The lowest BCUT2D eigenvalue weighted by Crippen LogP contribution is -2.30. The van der Waals surface area contributed by atoms with Crippen LogP contribution in [0.2, 0.25) is 0 Å². The zero-order valence-corrected chi connectivity index (χ0v) is 13.0. The summed E-state index contributed by atoms with van der Waals surface area (Å²) in [4.78, 5) is 1.33. The minimum absolute atomic E-state index is 0.215. The summed E-state index contributed by atoms with van der Waals surface area (Å²) in [5.74, 6) is 1.68.